The topological polar surface area (TPSA) is 64.2 Å². The van der Waals surface area contributed by atoms with Gasteiger partial charge < -0.3 is 10.6 Å². The molecule has 0 saturated heterocycles. The molecule has 94 valence electrons. The third-order valence-corrected chi connectivity index (χ3v) is 2.87. The van der Waals surface area contributed by atoms with E-state index in [9.17, 15) is 4.79 Å². The van der Waals surface area contributed by atoms with E-state index in [0.29, 0.717) is 5.69 Å². The summed E-state index contributed by atoms with van der Waals surface area (Å²) >= 11 is 0. The molecule has 2 aromatic rings. The van der Waals surface area contributed by atoms with Crippen LogP contribution in [0.25, 0.3) is 0 Å². The molecule has 1 amide bonds. The van der Waals surface area contributed by atoms with Crippen molar-refractivity contribution in [1.29, 1.82) is 0 Å². The number of carbonyl (C=O) groups is 1. The van der Waals surface area contributed by atoms with Gasteiger partial charge in [0.1, 0.15) is 6.54 Å². The SMILES string of the molecule is Cc1ccnn1CC(=O)N(C)c1ccc(N)cc1. The summed E-state index contributed by atoms with van der Waals surface area (Å²) < 4.78 is 1.68. The number of amides is 1. The third-order valence-electron chi connectivity index (χ3n) is 2.87. The highest BCUT2D eigenvalue weighted by molar-refractivity contribution is 5.92. The van der Waals surface area contributed by atoms with Gasteiger partial charge in [-0.1, -0.05) is 0 Å². The number of likely N-dealkylation sites (N-methyl/N-ethyl adjacent to an activating group) is 1. The normalized spacial score (nSPS) is 10.3. The van der Waals surface area contributed by atoms with E-state index in [-0.39, 0.29) is 12.5 Å². The van der Waals surface area contributed by atoms with Crippen LogP contribution in [0.5, 0.6) is 0 Å². The van der Waals surface area contributed by atoms with E-state index in [1.165, 1.54) is 0 Å². The molecule has 1 heterocycles. The number of nitrogens with zero attached hydrogens (tertiary/aromatic N) is 3. The molecule has 1 aromatic heterocycles. The van der Waals surface area contributed by atoms with Crippen LogP contribution in [-0.4, -0.2) is 22.7 Å². The number of hydrogen-bond donors (Lipinski definition) is 1. The molecule has 0 atom stereocenters. The van der Waals surface area contributed by atoms with Crippen LogP contribution in [0.15, 0.2) is 36.5 Å². The van der Waals surface area contributed by atoms with Crippen LogP contribution < -0.4 is 10.6 Å². The lowest BCUT2D eigenvalue weighted by atomic mass is 10.2. The van der Waals surface area contributed by atoms with Crippen molar-refractivity contribution < 1.29 is 4.79 Å². The molecule has 1 aromatic carbocycles. The molecule has 5 heteroatoms. The molecule has 18 heavy (non-hydrogen) atoms. The van der Waals surface area contributed by atoms with Crippen molar-refractivity contribution in [2.75, 3.05) is 17.7 Å². The number of anilines is 2. The van der Waals surface area contributed by atoms with Crippen LogP contribution in [0.2, 0.25) is 0 Å². The van der Waals surface area contributed by atoms with E-state index in [2.05, 4.69) is 5.10 Å². The largest absolute Gasteiger partial charge is 0.399 e. The molecule has 0 bridgehead atoms. The molecule has 0 aliphatic rings. The Hall–Kier alpha value is -2.30. The van der Waals surface area contributed by atoms with E-state index >= 15 is 0 Å². The van der Waals surface area contributed by atoms with Gasteiger partial charge in [-0.05, 0) is 37.3 Å². The van der Waals surface area contributed by atoms with Gasteiger partial charge in [0.15, 0.2) is 0 Å². The molecule has 5 nitrogen and oxygen atoms in total. The minimum atomic E-state index is -0.0217. The van der Waals surface area contributed by atoms with Gasteiger partial charge in [-0.3, -0.25) is 9.48 Å². The lowest BCUT2D eigenvalue weighted by Gasteiger charge is -2.17. The maximum atomic E-state index is 12.1. The molecule has 0 aliphatic heterocycles. The monoisotopic (exact) mass is 244 g/mol. The second-order valence-electron chi connectivity index (χ2n) is 4.17. The molecule has 0 spiro atoms. The Bertz CT molecular complexity index is 544. The molecule has 0 unspecified atom stereocenters. The highest BCUT2D eigenvalue weighted by Crippen LogP contribution is 2.15. The fraction of sp³-hybridized carbons (Fsp3) is 0.231. The number of carbonyl (C=O) groups excluding carboxylic acids is 1. The number of nitrogens with two attached hydrogens (primary N) is 1. The highest BCUT2D eigenvalue weighted by Gasteiger charge is 2.12. The predicted octanol–water partition coefficient (Wildman–Crippen LogP) is 1.44. The number of hydrogen-bond acceptors (Lipinski definition) is 3. The summed E-state index contributed by atoms with van der Waals surface area (Å²) in [5.41, 5.74) is 8.08. The second kappa shape index (κ2) is 4.91. The Labute approximate surface area is 106 Å². The lowest BCUT2D eigenvalue weighted by molar-refractivity contribution is -0.119. The van der Waals surface area contributed by atoms with Crippen molar-refractivity contribution in [1.82, 2.24) is 9.78 Å². The molecule has 0 fully saturated rings. The van der Waals surface area contributed by atoms with Crippen molar-refractivity contribution in [3.8, 4) is 0 Å². The Morgan fingerprint density at radius 1 is 1.33 bits per heavy atom. The average Bonchev–Trinajstić information content (AvgIpc) is 2.75. The summed E-state index contributed by atoms with van der Waals surface area (Å²) in [7, 11) is 1.74. The van der Waals surface area contributed by atoms with E-state index in [0.717, 1.165) is 11.4 Å². The summed E-state index contributed by atoms with van der Waals surface area (Å²) in [4.78, 5) is 13.7. The molecule has 2 N–H and O–H groups in total. The maximum absolute atomic E-state index is 12.1. The number of nitrogen functional groups attached to an aromatic ring is 1. The summed E-state index contributed by atoms with van der Waals surface area (Å²) in [6.07, 6.45) is 1.69. The second-order valence-corrected chi connectivity index (χ2v) is 4.17. The van der Waals surface area contributed by atoms with Crippen molar-refractivity contribution in [2.24, 2.45) is 0 Å². The average molecular weight is 244 g/mol. The van der Waals surface area contributed by atoms with E-state index < -0.39 is 0 Å². The van der Waals surface area contributed by atoms with Crippen LogP contribution in [0.1, 0.15) is 5.69 Å². The standard InChI is InChI=1S/C13H16N4O/c1-10-7-8-15-17(10)9-13(18)16(2)12-5-3-11(14)4-6-12/h3-8H,9,14H2,1-2H3. The van der Waals surface area contributed by atoms with Gasteiger partial charge in [-0.2, -0.15) is 5.10 Å². The van der Waals surface area contributed by atoms with E-state index in [1.54, 1.807) is 35.0 Å². The van der Waals surface area contributed by atoms with Gasteiger partial charge in [0.2, 0.25) is 5.91 Å². The molecular weight excluding hydrogens is 228 g/mol. The van der Waals surface area contributed by atoms with Crippen molar-refractivity contribution in [3.63, 3.8) is 0 Å². The minimum Gasteiger partial charge on any atom is -0.399 e. The minimum absolute atomic E-state index is 0.0217. The van der Waals surface area contributed by atoms with Crippen LogP contribution in [0.3, 0.4) is 0 Å². The lowest BCUT2D eigenvalue weighted by Crippen LogP contribution is -2.30. The molecule has 2 rings (SSSR count). The summed E-state index contributed by atoms with van der Waals surface area (Å²) in [6, 6.07) is 9.07. The first-order chi connectivity index (χ1) is 8.58. The summed E-state index contributed by atoms with van der Waals surface area (Å²) in [6.45, 7) is 2.16. The number of aryl methyl sites for hydroxylation is 1. The van der Waals surface area contributed by atoms with Gasteiger partial charge >= 0.3 is 0 Å². The Kier molecular flexibility index (Phi) is 3.32. The summed E-state index contributed by atoms with van der Waals surface area (Å²) in [5, 5.41) is 4.10. The molecule has 0 saturated carbocycles. The quantitative estimate of drug-likeness (QED) is 0.831. The first-order valence-corrected chi connectivity index (χ1v) is 5.68. The number of benzene rings is 1. The smallest absolute Gasteiger partial charge is 0.248 e. The van der Waals surface area contributed by atoms with Gasteiger partial charge in [-0.15, -0.1) is 0 Å². The first kappa shape index (κ1) is 12.2. The molecule has 0 radical (unpaired) electrons. The van der Waals surface area contributed by atoms with Gasteiger partial charge in [0, 0.05) is 30.3 Å². The van der Waals surface area contributed by atoms with Crippen LogP contribution in [0.4, 0.5) is 11.4 Å². The Morgan fingerprint density at radius 3 is 2.56 bits per heavy atom. The predicted molar refractivity (Wildman–Crippen MR) is 71.2 cm³/mol. The van der Waals surface area contributed by atoms with Gasteiger partial charge in [0.05, 0.1) is 0 Å². The zero-order chi connectivity index (χ0) is 13.1. The highest BCUT2D eigenvalue weighted by atomic mass is 16.2. The molecular formula is C13H16N4O. The van der Waals surface area contributed by atoms with Gasteiger partial charge in [0.25, 0.3) is 0 Å². The fourth-order valence-corrected chi connectivity index (χ4v) is 1.64. The first-order valence-electron chi connectivity index (χ1n) is 5.68. The van der Waals surface area contributed by atoms with E-state index in [1.807, 2.05) is 25.1 Å². The van der Waals surface area contributed by atoms with Crippen molar-refractivity contribution in [3.05, 3.63) is 42.2 Å². The zero-order valence-electron chi connectivity index (χ0n) is 10.5. The van der Waals surface area contributed by atoms with Crippen molar-refractivity contribution >= 4 is 17.3 Å². The van der Waals surface area contributed by atoms with Crippen LogP contribution in [0, 0.1) is 6.92 Å². The van der Waals surface area contributed by atoms with Crippen molar-refractivity contribution in [2.45, 2.75) is 13.5 Å². The third kappa shape index (κ3) is 2.51. The van der Waals surface area contributed by atoms with E-state index in [4.69, 9.17) is 5.73 Å². The zero-order valence-corrected chi connectivity index (χ0v) is 10.5. The van der Waals surface area contributed by atoms with Gasteiger partial charge in [-0.25, -0.2) is 0 Å². The Balaban J connectivity index is 2.09. The van der Waals surface area contributed by atoms with Crippen LogP contribution in [-0.2, 0) is 11.3 Å². The number of rotatable bonds is 3. The molecule has 0 aliphatic carbocycles. The Morgan fingerprint density at radius 2 is 2.00 bits per heavy atom. The maximum Gasteiger partial charge on any atom is 0.248 e. The summed E-state index contributed by atoms with van der Waals surface area (Å²) in [5.74, 6) is -0.0217. The fourth-order valence-electron chi connectivity index (χ4n) is 1.64. The number of aromatic nitrogens is 2. The van der Waals surface area contributed by atoms with Crippen LogP contribution >= 0.6 is 0 Å².